The van der Waals surface area contributed by atoms with E-state index < -0.39 is 0 Å². The fourth-order valence-electron chi connectivity index (χ4n) is 3.46. The van der Waals surface area contributed by atoms with E-state index in [2.05, 4.69) is 34.1 Å². The third kappa shape index (κ3) is 6.59. The predicted octanol–water partition coefficient (Wildman–Crippen LogP) is 2.05. The molecule has 0 saturated carbocycles. The third-order valence-corrected chi connectivity index (χ3v) is 4.98. The summed E-state index contributed by atoms with van der Waals surface area (Å²) in [6.07, 6.45) is 3.33. The Labute approximate surface area is 151 Å². The molecule has 0 N–H and O–H groups in total. The van der Waals surface area contributed by atoms with Gasteiger partial charge in [0.1, 0.15) is 5.75 Å². The van der Waals surface area contributed by atoms with Crippen LogP contribution in [0, 0.1) is 0 Å². The molecule has 0 aliphatic carbocycles. The quantitative estimate of drug-likeness (QED) is 0.638. The molecule has 2 heterocycles. The Morgan fingerprint density at radius 2 is 1.40 bits per heavy atom. The van der Waals surface area contributed by atoms with Gasteiger partial charge in [0, 0.05) is 32.7 Å². The van der Waals surface area contributed by atoms with Crippen LogP contribution in [0.2, 0.25) is 0 Å². The van der Waals surface area contributed by atoms with Crippen LogP contribution in [0.4, 0.5) is 0 Å². The van der Waals surface area contributed by atoms with Gasteiger partial charge < -0.3 is 14.2 Å². The average Bonchev–Trinajstić information content (AvgIpc) is 2.68. The van der Waals surface area contributed by atoms with Crippen LogP contribution in [-0.2, 0) is 15.9 Å². The molecule has 0 aromatic heterocycles. The molecule has 0 atom stereocenters. The highest BCUT2D eigenvalue weighted by Crippen LogP contribution is 2.20. The van der Waals surface area contributed by atoms with Gasteiger partial charge in [-0.05, 0) is 37.4 Å². The molecule has 1 aromatic rings. The summed E-state index contributed by atoms with van der Waals surface area (Å²) in [4.78, 5) is 4.95. The Hall–Kier alpha value is -1.14. The zero-order valence-electron chi connectivity index (χ0n) is 15.3. The van der Waals surface area contributed by atoms with Crippen molar-refractivity contribution in [2.45, 2.75) is 19.3 Å². The van der Waals surface area contributed by atoms with Crippen molar-refractivity contribution in [2.24, 2.45) is 0 Å². The Morgan fingerprint density at radius 1 is 0.800 bits per heavy atom. The number of benzene rings is 1. The smallest absolute Gasteiger partial charge is 0.122 e. The summed E-state index contributed by atoms with van der Waals surface area (Å²) >= 11 is 0. The van der Waals surface area contributed by atoms with E-state index in [4.69, 9.17) is 14.2 Å². The molecule has 140 valence electrons. The van der Waals surface area contributed by atoms with Crippen LogP contribution in [0.3, 0.4) is 0 Å². The molecule has 2 saturated heterocycles. The molecule has 0 spiro atoms. The largest absolute Gasteiger partial charge is 0.493 e. The molecule has 2 aliphatic heterocycles. The lowest BCUT2D eigenvalue weighted by atomic mass is 10.1. The molecule has 25 heavy (non-hydrogen) atoms. The van der Waals surface area contributed by atoms with Crippen molar-refractivity contribution in [3.05, 3.63) is 29.8 Å². The zero-order chi connectivity index (χ0) is 17.2. The van der Waals surface area contributed by atoms with E-state index in [1.54, 1.807) is 0 Å². The molecule has 0 unspecified atom stereocenters. The first-order chi connectivity index (χ1) is 12.4. The lowest BCUT2D eigenvalue weighted by Gasteiger charge is -2.26. The molecule has 1 aromatic carbocycles. The topological polar surface area (TPSA) is 34.2 Å². The van der Waals surface area contributed by atoms with Crippen LogP contribution in [-0.4, -0.2) is 82.1 Å². The zero-order valence-corrected chi connectivity index (χ0v) is 15.3. The van der Waals surface area contributed by atoms with Crippen LogP contribution in [0.15, 0.2) is 24.3 Å². The lowest BCUT2D eigenvalue weighted by molar-refractivity contribution is 0.0357. The minimum Gasteiger partial charge on any atom is -0.493 e. The number of para-hydroxylation sites is 1. The summed E-state index contributed by atoms with van der Waals surface area (Å²) in [6, 6.07) is 8.50. The molecule has 0 amide bonds. The van der Waals surface area contributed by atoms with Crippen LogP contribution in [0.5, 0.6) is 5.75 Å². The predicted molar refractivity (Wildman–Crippen MR) is 99.4 cm³/mol. The van der Waals surface area contributed by atoms with Crippen molar-refractivity contribution in [2.75, 3.05) is 72.3 Å². The fraction of sp³-hybridized carbons (Fsp3) is 0.700. The molecule has 0 radical (unpaired) electrons. The lowest BCUT2D eigenvalue weighted by Crippen LogP contribution is -2.37. The van der Waals surface area contributed by atoms with Gasteiger partial charge in [-0.1, -0.05) is 18.2 Å². The van der Waals surface area contributed by atoms with Crippen LogP contribution in [0.25, 0.3) is 0 Å². The first kappa shape index (κ1) is 18.6. The van der Waals surface area contributed by atoms with E-state index in [1.807, 2.05) is 0 Å². The standard InChI is InChI=1S/C20H32N2O3/c1-2-7-20(25-14-4-9-22-12-17-24-18-13-22)19(5-1)6-3-8-21-10-15-23-16-11-21/h1-2,5,7H,3-4,6,8-18H2. The van der Waals surface area contributed by atoms with Gasteiger partial charge in [-0.25, -0.2) is 0 Å². The van der Waals surface area contributed by atoms with Crippen molar-refractivity contribution in [3.63, 3.8) is 0 Å². The van der Waals surface area contributed by atoms with Crippen molar-refractivity contribution in [3.8, 4) is 5.75 Å². The maximum Gasteiger partial charge on any atom is 0.122 e. The Morgan fingerprint density at radius 3 is 2.08 bits per heavy atom. The number of nitrogens with zero attached hydrogens (tertiary/aromatic N) is 2. The van der Waals surface area contributed by atoms with Crippen LogP contribution < -0.4 is 4.74 Å². The highest BCUT2D eigenvalue weighted by Gasteiger charge is 2.11. The van der Waals surface area contributed by atoms with Crippen LogP contribution >= 0.6 is 0 Å². The minimum atomic E-state index is 0.790. The van der Waals surface area contributed by atoms with E-state index in [1.165, 1.54) is 12.0 Å². The van der Waals surface area contributed by atoms with Gasteiger partial charge in [0.2, 0.25) is 0 Å². The number of ether oxygens (including phenoxy) is 3. The molecule has 0 bridgehead atoms. The van der Waals surface area contributed by atoms with Crippen molar-refractivity contribution in [1.82, 2.24) is 9.80 Å². The van der Waals surface area contributed by atoms with Crippen molar-refractivity contribution in [1.29, 1.82) is 0 Å². The van der Waals surface area contributed by atoms with Crippen LogP contribution in [0.1, 0.15) is 18.4 Å². The first-order valence-electron chi connectivity index (χ1n) is 9.73. The van der Waals surface area contributed by atoms with Gasteiger partial charge in [-0.2, -0.15) is 0 Å². The Balaban J connectivity index is 1.36. The highest BCUT2D eigenvalue weighted by molar-refractivity contribution is 5.33. The Kier molecular flexibility index (Phi) is 8.03. The van der Waals surface area contributed by atoms with Gasteiger partial charge >= 0.3 is 0 Å². The van der Waals surface area contributed by atoms with Gasteiger partial charge in [-0.15, -0.1) is 0 Å². The maximum absolute atomic E-state index is 6.08. The van der Waals surface area contributed by atoms with E-state index in [-0.39, 0.29) is 0 Å². The number of morpholine rings is 2. The second-order valence-corrected chi connectivity index (χ2v) is 6.82. The summed E-state index contributed by atoms with van der Waals surface area (Å²) < 4.78 is 16.9. The van der Waals surface area contributed by atoms with E-state index >= 15 is 0 Å². The number of aryl methyl sites for hydroxylation is 1. The summed E-state index contributed by atoms with van der Waals surface area (Å²) in [6.45, 7) is 10.8. The van der Waals surface area contributed by atoms with Gasteiger partial charge in [-0.3, -0.25) is 9.80 Å². The average molecular weight is 348 g/mol. The molecular weight excluding hydrogens is 316 g/mol. The fourth-order valence-corrected chi connectivity index (χ4v) is 3.46. The molecule has 3 rings (SSSR count). The SMILES string of the molecule is c1ccc(OCCCN2CCOCC2)c(CCCN2CCOCC2)c1. The van der Waals surface area contributed by atoms with Gasteiger partial charge in [0.25, 0.3) is 0 Å². The second kappa shape index (κ2) is 10.8. The summed E-state index contributed by atoms with van der Waals surface area (Å²) in [7, 11) is 0. The molecule has 2 aliphatic rings. The monoisotopic (exact) mass is 348 g/mol. The normalized spacial score (nSPS) is 19.8. The summed E-state index contributed by atoms with van der Waals surface area (Å²) in [5.74, 6) is 1.06. The molecule has 5 nitrogen and oxygen atoms in total. The number of rotatable bonds is 9. The number of hydrogen-bond acceptors (Lipinski definition) is 5. The summed E-state index contributed by atoms with van der Waals surface area (Å²) in [5, 5.41) is 0. The van der Waals surface area contributed by atoms with Crippen molar-refractivity contribution >= 4 is 0 Å². The van der Waals surface area contributed by atoms with E-state index in [9.17, 15) is 0 Å². The molecular formula is C20H32N2O3. The maximum atomic E-state index is 6.08. The Bertz CT molecular complexity index is 486. The van der Waals surface area contributed by atoms with E-state index in [0.717, 1.165) is 90.9 Å². The third-order valence-electron chi connectivity index (χ3n) is 4.98. The first-order valence-corrected chi connectivity index (χ1v) is 9.73. The van der Waals surface area contributed by atoms with Gasteiger partial charge in [0.05, 0.1) is 33.0 Å². The second-order valence-electron chi connectivity index (χ2n) is 6.82. The molecule has 5 heteroatoms. The number of hydrogen-bond donors (Lipinski definition) is 0. The van der Waals surface area contributed by atoms with Gasteiger partial charge in [0.15, 0.2) is 0 Å². The summed E-state index contributed by atoms with van der Waals surface area (Å²) in [5.41, 5.74) is 1.34. The minimum absolute atomic E-state index is 0.790. The highest BCUT2D eigenvalue weighted by atomic mass is 16.5. The van der Waals surface area contributed by atoms with Crippen molar-refractivity contribution < 1.29 is 14.2 Å². The van der Waals surface area contributed by atoms with E-state index in [0.29, 0.717) is 0 Å². The molecule has 2 fully saturated rings.